The molecule has 1 unspecified atom stereocenters. The molecule has 0 spiro atoms. The normalized spacial score (nSPS) is 25.7. The third-order valence-corrected chi connectivity index (χ3v) is 4.13. The van der Waals surface area contributed by atoms with Crippen LogP contribution in [0.25, 0.3) is 0 Å². The zero-order valence-electron chi connectivity index (χ0n) is 8.51. The summed E-state index contributed by atoms with van der Waals surface area (Å²) in [6.07, 6.45) is 1.94. The second kappa shape index (κ2) is 4.62. The Bertz CT molecular complexity index is 334. The van der Waals surface area contributed by atoms with E-state index in [0.29, 0.717) is 0 Å². The van der Waals surface area contributed by atoms with Crippen LogP contribution in [0.15, 0.2) is 24.3 Å². The molecule has 0 amide bonds. The number of halogens is 2. The van der Waals surface area contributed by atoms with Crippen molar-refractivity contribution in [3.05, 3.63) is 35.6 Å². The van der Waals surface area contributed by atoms with E-state index >= 15 is 0 Å². The Morgan fingerprint density at radius 1 is 1.47 bits per heavy atom. The Hall–Kier alpha value is -0.410. The first kappa shape index (κ1) is 11.1. The lowest BCUT2D eigenvalue weighted by Gasteiger charge is -2.24. The van der Waals surface area contributed by atoms with E-state index in [1.165, 1.54) is 6.07 Å². The van der Waals surface area contributed by atoms with Crippen molar-refractivity contribution in [2.45, 2.75) is 12.8 Å². The van der Waals surface area contributed by atoms with E-state index in [1.807, 2.05) is 6.07 Å². The van der Waals surface area contributed by atoms with Crippen LogP contribution >= 0.6 is 15.9 Å². The van der Waals surface area contributed by atoms with Crippen molar-refractivity contribution in [1.82, 2.24) is 0 Å². The molecule has 1 saturated heterocycles. The van der Waals surface area contributed by atoms with E-state index in [-0.39, 0.29) is 11.2 Å². The Morgan fingerprint density at radius 2 is 2.33 bits per heavy atom. The van der Waals surface area contributed by atoms with Crippen LogP contribution in [0.4, 0.5) is 4.39 Å². The fourth-order valence-electron chi connectivity index (χ4n) is 2.02. The van der Waals surface area contributed by atoms with Gasteiger partial charge in [0.05, 0.1) is 6.61 Å². The van der Waals surface area contributed by atoms with Gasteiger partial charge in [0.1, 0.15) is 5.82 Å². The van der Waals surface area contributed by atoms with Crippen molar-refractivity contribution in [3.63, 3.8) is 0 Å². The van der Waals surface area contributed by atoms with Gasteiger partial charge in [-0.2, -0.15) is 0 Å². The maximum atomic E-state index is 13.0. The maximum Gasteiger partial charge on any atom is 0.123 e. The molecule has 1 aromatic rings. The topological polar surface area (TPSA) is 9.23 Å². The molecule has 2 rings (SSSR count). The highest BCUT2D eigenvalue weighted by molar-refractivity contribution is 9.09. The molecule has 1 nitrogen and oxygen atoms in total. The van der Waals surface area contributed by atoms with Crippen molar-refractivity contribution in [2.75, 3.05) is 18.5 Å². The van der Waals surface area contributed by atoms with Gasteiger partial charge in [0.2, 0.25) is 0 Å². The van der Waals surface area contributed by atoms with Crippen molar-refractivity contribution in [3.8, 4) is 0 Å². The van der Waals surface area contributed by atoms with Crippen LogP contribution < -0.4 is 0 Å². The molecule has 0 N–H and O–H groups in total. The van der Waals surface area contributed by atoms with Crippen LogP contribution in [0.1, 0.15) is 12.0 Å². The Labute approximate surface area is 97.8 Å². The van der Waals surface area contributed by atoms with Crippen molar-refractivity contribution in [2.24, 2.45) is 5.41 Å². The second-order valence-corrected chi connectivity index (χ2v) is 4.80. The van der Waals surface area contributed by atoms with Crippen molar-refractivity contribution >= 4 is 15.9 Å². The summed E-state index contributed by atoms with van der Waals surface area (Å²) in [7, 11) is 0. The predicted molar refractivity (Wildman–Crippen MR) is 61.8 cm³/mol. The quantitative estimate of drug-likeness (QED) is 0.769. The number of alkyl halides is 1. The molecule has 1 fully saturated rings. The zero-order chi connectivity index (χ0) is 10.7. The highest BCUT2D eigenvalue weighted by Gasteiger charge is 2.33. The van der Waals surface area contributed by atoms with Crippen LogP contribution in [0, 0.1) is 11.2 Å². The minimum Gasteiger partial charge on any atom is -0.381 e. The minimum absolute atomic E-state index is 0.156. The third kappa shape index (κ3) is 2.58. The SMILES string of the molecule is Fc1cccc(CC2(CBr)CCOC2)c1. The van der Waals surface area contributed by atoms with Crippen molar-refractivity contribution in [1.29, 1.82) is 0 Å². The van der Waals surface area contributed by atoms with Crippen LogP contribution in [0.5, 0.6) is 0 Å². The third-order valence-electron chi connectivity index (χ3n) is 2.94. The van der Waals surface area contributed by atoms with Crippen LogP contribution in [-0.2, 0) is 11.2 Å². The molecule has 0 aromatic heterocycles. The summed E-state index contributed by atoms with van der Waals surface area (Å²) in [5, 5.41) is 0.913. The number of hydrogen-bond acceptors (Lipinski definition) is 1. The van der Waals surface area contributed by atoms with Crippen LogP contribution in [0.3, 0.4) is 0 Å². The lowest BCUT2D eigenvalue weighted by molar-refractivity contribution is 0.162. The van der Waals surface area contributed by atoms with Gasteiger partial charge in [-0.15, -0.1) is 0 Å². The number of ether oxygens (including phenoxy) is 1. The average Bonchev–Trinajstić information content (AvgIpc) is 2.67. The van der Waals surface area contributed by atoms with Gasteiger partial charge in [-0.25, -0.2) is 4.39 Å². The van der Waals surface area contributed by atoms with Gasteiger partial charge in [-0.3, -0.25) is 0 Å². The first-order valence-electron chi connectivity index (χ1n) is 5.12. The monoisotopic (exact) mass is 272 g/mol. The molecule has 1 heterocycles. The highest BCUT2D eigenvalue weighted by atomic mass is 79.9. The summed E-state index contributed by atoms with van der Waals surface area (Å²) in [6.45, 7) is 1.59. The van der Waals surface area contributed by atoms with Gasteiger partial charge >= 0.3 is 0 Å². The summed E-state index contributed by atoms with van der Waals surface area (Å²) in [6, 6.07) is 6.84. The molecule has 0 radical (unpaired) electrons. The summed E-state index contributed by atoms with van der Waals surface area (Å²) >= 11 is 3.54. The van der Waals surface area contributed by atoms with E-state index < -0.39 is 0 Å². The maximum absolute atomic E-state index is 13.0. The van der Waals surface area contributed by atoms with Crippen molar-refractivity contribution < 1.29 is 9.13 Å². The summed E-state index contributed by atoms with van der Waals surface area (Å²) in [5.74, 6) is -0.156. The van der Waals surface area contributed by atoms with Gasteiger partial charge < -0.3 is 4.74 Å². The Kier molecular flexibility index (Phi) is 3.42. The molecule has 1 aliphatic heterocycles. The molecule has 0 saturated carbocycles. The first-order chi connectivity index (χ1) is 7.24. The zero-order valence-corrected chi connectivity index (χ0v) is 10.1. The second-order valence-electron chi connectivity index (χ2n) is 4.24. The summed E-state index contributed by atoms with van der Waals surface area (Å²) in [4.78, 5) is 0. The molecule has 1 atom stereocenters. The lowest BCUT2D eigenvalue weighted by Crippen LogP contribution is -2.25. The van der Waals surface area contributed by atoms with E-state index in [9.17, 15) is 4.39 Å². The summed E-state index contributed by atoms with van der Waals surface area (Å²) < 4.78 is 18.5. The smallest absolute Gasteiger partial charge is 0.123 e. The standard InChI is InChI=1S/C12H14BrFO/c13-8-12(4-5-15-9-12)7-10-2-1-3-11(14)6-10/h1-3,6H,4-5,7-9H2. The first-order valence-corrected chi connectivity index (χ1v) is 6.24. The fraction of sp³-hybridized carbons (Fsp3) is 0.500. The van der Waals surface area contributed by atoms with Gasteiger partial charge in [-0.1, -0.05) is 28.1 Å². The van der Waals surface area contributed by atoms with E-state index in [1.54, 1.807) is 12.1 Å². The molecule has 1 aliphatic rings. The van der Waals surface area contributed by atoms with E-state index in [4.69, 9.17) is 4.74 Å². The molecule has 15 heavy (non-hydrogen) atoms. The van der Waals surface area contributed by atoms with Gasteiger partial charge in [0.15, 0.2) is 0 Å². The average molecular weight is 273 g/mol. The highest BCUT2D eigenvalue weighted by Crippen LogP contribution is 2.34. The molecule has 82 valence electrons. The van der Waals surface area contributed by atoms with Gasteiger partial charge in [-0.05, 0) is 30.5 Å². The lowest BCUT2D eigenvalue weighted by atomic mass is 9.83. The number of hydrogen-bond donors (Lipinski definition) is 0. The summed E-state index contributed by atoms with van der Waals surface area (Å²) in [5.41, 5.74) is 1.22. The molecular weight excluding hydrogens is 259 g/mol. The molecule has 0 bridgehead atoms. The Balaban J connectivity index is 2.12. The van der Waals surface area contributed by atoms with E-state index in [0.717, 1.165) is 36.9 Å². The van der Waals surface area contributed by atoms with Gasteiger partial charge in [0, 0.05) is 17.4 Å². The predicted octanol–water partition coefficient (Wildman–Crippen LogP) is 3.17. The van der Waals surface area contributed by atoms with Crippen LogP contribution in [-0.4, -0.2) is 18.5 Å². The largest absolute Gasteiger partial charge is 0.381 e. The molecule has 0 aliphatic carbocycles. The fourth-order valence-corrected chi connectivity index (χ4v) is 2.66. The molecular formula is C12H14BrFO. The van der Waals surface area contributed by atoms with E-state index in [2.05, 4.69) is 15.9 Å². The molecule has 1 aromatic carbocycles. The number of rotatable bonds is 3. The Morgan fingerprint density at radius 3 is 2.93 bits per heavy atom. The number of benzene rings is 1. The minimum atomic E-state index is -0.156. The molecule has 3 heteroatoms. The van der Waals surface area contributed by atoms with Crippen LogP contribution in [0.2, 0.25) is 0 Å². The van der Waals surface area contributed by atoms with Gasteiger partial charge in [0.25, 0.3) is 0 Å².